The van der Waals surface area contributed by atoms with Crippen molar-refractivity contribution in [3.63, 3.8) is 0 Å². The average Bonchev–Trinajstić information content (AvgIpc) is 2.47. The van der Waals surface area contributed by atoms with Gasteiger partial charge in [-0.05, 0) is 6.07 Å². The van der Waals surface area contributed by atoms with E-state index in [0.717, 1.165) is 12.8 Å². The van der Waals surface area contributed by atoms with Crippen molar-refractivity contribution in [1.29, 1.82) is 0 Å². The third-order valence-electron chi connectivity index (χ3n) is 3.02. The predicted molar refractivity (Wildman–Crippen MR) is 70.1 cm³/mol. The summed E-state index contributed by atoms with van der Waals surface area (Å²) in [6.45, 7) is 1.22. The number of non-ortho nitro benzene ring substituents is 1. The van der Waals surface area contributed by atoms with Crippen LogP contribution >= 0.6 is 0 Å². The standard InChI is InChI=1S/C12H15N3O5/c13-12(14-16)10-7-8(15(17)18)1-2-11(10)20-9-3-5-19-6-4-9/h1-2,7,9,16H,3-6H2,(H2,13,14). The van der Waals surface area contributed by atoms with Gasteiger partial charge in [0.15, 0.2) is 5.84 Å². The van der Waals surface area contributed by atoms with Gasteiger partial charge >= 0.3 is 0 Å². The summed E-state index contributed by atoms with van der Waals surface area (Å²) >= 11 is 0. The van der Waals surface area contributed by atoms with Crippen molar-refractivity contribution < 1.29 is 19.6 Å². The van der Waals surface area contributed by atoms with Gasteiger partial charge < -0.3 is 20.4 Å². The Morgan fingerprint density at radius 3 is 2.80 bits per heavy atom. The van der Waals surface area contributed by atoms with Crippen LogP contribution in [0.3, 0.4) is 0 Å². The van der Waals surface area contributed by atoms with Gasteiger partial charge in [-0.15, -0.1) is 0 Å². The van der Waals surface area contributed by atoms with Gasteiger partial charge in [-0.25, -0.2) is 0 Å². The van der Waals surface area contributed by atoms with Crippen molar-refractivity contribution in [2.75, 3.05) is 13.2 Å². The zero-order valence-corrected chi connectivity index (χ0v) is 10.7. The van der Waals surface area contributed by atoms with E-state index in [2.05, 4.69) is 5.16 Å². The molecule has 20 heavy (non-hydrogen) atoms. The molecular weight excluding hydrogens is 266 g/mol. The second kappa shape index (κ2) is 6.20. The second-order valence-electron chi connectivity index (χ2n) is 4.35. The highest BCUT2D eigenvalue weighted by molar-refractivity contribution is 6.00. The lowest BCUT2D eigenvalue weighted by atomic mass is 10.1. The lowest BCUT2D eigenvalue weighted by molar-refractivity contribution is -0.384. The number of nitro groups is 1. The molecule has 0 bridgehead atoms. The molecule has 1 heterocycles. The Bertz CT molecular complexity index is 526. The number of benzene rings is 1. The molecule has 0 saturated carbocycles. The number of nitro benzene ring substituents is 1. The predicted octanol–water partition coefficient (Wildman–Crippen LogP) is 1.25. The number of hydrogen-bond donors (Lipinski definition) is 2. The average molecular weight is 281 g/mol. The summed E-state index contributed by atoms with van der Waals surface area (Å²) in [4.78, 5) is 10.2. The number of oxime groups is 1. The summed E-state index contributed by atoms with van der Waals surface area (Å²) in [7, 11) is 0. The second-order valence-corrected chi connectivity index (χ2v) is 4.35. The van der Waals surface area contributed by atoms with Gasteiger partial charge in [0.2, 0.25) is 0 Å². The van der Waals surface area contributed by atoms with Gasteiger partial charge in [-0.2, -0.15) is 0 Å². The van der Waals surface area contributed by atoms with Crippen LogP contribution < -0.4 is 10.5 Å². The van der Waals surface area contributed by atoms with Gasteiger partial charge in [0.05, 0.1) is 23.7 Å². The highest BCUT2D eigenvalue weighted by atomic mass is 16.6. The van der Waals surface area contributed by atoms with E-state index in [1.54, 1.807) is 0 Å². The van der Waals surface area contributed by atoms with E-state index >= 15 is 0 Å². The molecule has 1 saturated heterocycles. The molecule has 2 rings (SSSR count). The lowest BCUT2D eigenvalue weighted by Gasteiger charge is -2.24. The summed E-state index contributed by atoms with van der Waals surface area (Å²) in [6.07, 6.45) is 1.41. The Labute approximate surface area is 114 Å². The summed E-state index contributed by atoms with van der Waals surface area (Å²) in [6, 6.07) is 4.01. The van der Waals surface area contributed by atoms with Crippen LogP contribution in [0.4, 0.5) is 5.69 Å². The van der Waals surface area contributed by atoms with E-state index in [1.165, 1.54) is 18.2 Å². The van der Waals surface area contributed by atoms with Crippen molar-refractivity contribution in [2.45, 2.75) is 18.9 Å². The first kappa shape index (κ1) is 14.1. The number of ether oxygens (including phenoxy) is 2. The zero-order chi connectivity index (χ0) is 14.5. The Balaban J connectivity index is 2.28. The number of hydrogen-bond acceptors (Lipinski definition) is 6. The normalized spacial score (nSPS) is 16.9. The van der Waals surface area contributed by atoms with Gasteiger partial charge in [0.25, 0.3) is 5.69 Å². The molecule has 0 spiro atoms. The van der Waals surface area contributed by atoms with E-state index in [-0.39, 0.29) is 23.2 Å². The fourth-order valence-electron chi connectivity index (χ4n) is 1.96. The quantitative estimate of drug-likeness (QED) is 0.282. The van der Waals surface area contributed by atoms with Gasteiger partial charge in [-0.3, -0.25) is 10.1 Å². The minimum atomic E-state index is -0.549. The molecule has 1 aliphatic rings. The van der Waals surface area contributed by atoms with Crippen molar-refractivity contribution in [1.82, 2.24) is 0 Å². The Morgan fingerprint density at radius 1 is 1.50 bits per heavy atom. The Morgan fingerprint density at radius 2 is 2.20 bits per heavy atom. The van der Waals surface area contributed by atoms with Crippen molar-refractivity contribution in [2.24, 2.45) is 10.9 Å². The van der Waals surface area contributed by atoms with Crippen molar-refractivity contribution in [3.8, 4) is 5.75 Å². The first-order valence-corrected chi connectivity index (χ1v) is 6.12. The molecule has 0 aliphatic carbocycles. The molecule has 8 nitrogen and oxygen atoms in total. The Hall–Kier alpha value is -2.35. The monoisotopic (exact) mass is 281 g/mol. The molecule has 1 aliphatic heterocycles. The van der Waals surface area contributed by atoms with Crippen LogP contribution in [0.1, 0.15) is 18.4 Å². The van der Waals surface area contributed by atoms with Crippen molar-refractivity contribution >= 4 is 11.5 Å². The lowest BCUT2D eigenvalue weighted by Crippen LogP contribution is -2.27. The molecule has 1 aromatic carbocycles. The third kappa shape index (κ3) is 3.15. The molecule has 1 aromatic rings. The van der Waals surface area contributed by atoms with Gasteiger partial charge in [-0.1, -0.05) is 5.16 Å². The molecule has 8 heteroatoms. The van der Waals surface area contributed by atoms with Gasteiger partial charge in [0.1, 0.15) is 11.9 Å². The summed E-state index contributed by atoms with van der Waals surface area (Å²) in [5, 5.41) is 22.4. The maximum Gasteiger partial charge on any atom is 0.270 e. The molecule has 0 aromatic heterocycles. The molecular formula is C12H15N3O5. The first-order chi connectivity index (χ1) is 9.61. The van der Waals surface area contributed by atoms with Crippen LogP contribution in [0.15, 0.2) is 23.4 Å². The van der Waals surface area contributed by atoms with Crippen molar-refractivity contribution in [3.05, 3.63) is 33.9 Å². The highest BCUT2D eigenvalue weighted by Crippen LogP contribution is 2.26. The topological polar surface area (TPSA) is 120 Å². The molecule has 0 amide bonds. The fourth-order valence-corrected chi connectivity index (χ4v) is 1.96. The van der Waals surface area contributed by atoms with E-state index in [0.29, 0.717) is 19.0 Å². The maximum atomic E-state index is 10.8. The molecule has 0 radical (unpaired) electrons. The number of nitrogens with two attached hydrogens (primary N) is 1. The minimum absolute atomic E-state index is 0.0459. The molecule has 0 unspecified atom stereocenters. The largest absolute Gasteiger partial charge is 0.489 e. The van der Waals surface area contributed by atoms with Crippen LogP contribution in [-0.2, 0) is 4.74 Å². The van der Waals surface area contributed by atoms with Gasteiger partial charge in [0, 0.05) is 25.0 Å². The number of rotatable bonds is 4. The smallest absolute Gasteiger partial charge is 0.270 e. The molecule has 3 N–H and O–H groups in total. The van der Waals surface area contributed by atoms with E-state index in [4.69, 9.17) is 20.4 Å². The minimum Gasteiger partial charge on any atom is -0.489 e. The Kier molecular flexibility index (Phi) is 4.36. The summed E-state index contributed by atoms with van der Waals surface area (Å²) < 4.78 is 11.0. The number of nitrogens with zero attached hydrogens (tertiary/aromatic N) is 2. The fraction of sp³-hybridized carbons (Fsp3) is 0.417. The van der Waals surface area contributed by atoms with Crippen LogP contribution in [0.25, 0.3) is 0 Å². The number of amidine groups is 1. The first-order valence-electron chi connectivity index (χ1n) is 6.12. The highest BCUT2D eigenvalue weighted by Gasteiger charge is 2.20. The maximum absolute atomic E-state index is 10.8. The third-order valence-corrected chi connectivity index (χ3v) is 3.02. The van der Waals surface area contributed by atoms with Crippen LogP contribution in [-0.4, -0.2) is 35.3 Å². The summed E-state index contributed by atoms with van der Waals surface area (Å²) in [5.41, 5.74) is 5.60. The van der Waals surface area contributed by atoms with E-state index in [9.17, 15) is 10.1 Å². The van der Waals surface area contributed by atoms with Crippen LogP contribution in [0.5, 0.6) is 5.75 Å². The molecule has 0 atom stereocenters. The van der Waals surface area contributed by atoms with E-state index in [1.807, 2.05) is 0 Å². The molecule has 1 fully saturated rings. The zero-order valence-electron chi connectivity index (χ0n) is 10.7. The molecule has 108 valence electrons. The summed E-state index contributed by atoms with van der Waals surface area (Å²) in [5.74, 6) is 0.133. The van der Waals surface area contributed by atoms with Crippen LogP contribution in [0.2, 0.25) is 0 Å². The van der Waals surface area contributed by atoms with E-state index < -0.39 is 4.92 Å². The SMILES string of the molecule is NC(=NO)c1cc([N+](=O)[O-])ccc1OC1CCOCC1. The van der Waals surface area contributed by atoms with Crippen LogP contribution in [0, 0.1) is 10.1 Å².